The zero-order chi connectivity index (χ0) is 23.8. The molecule has 1 amide bonds. The number of rotatable bonds is 10. The van der Waals surface area contributed by atoms with Gasteiger partial charge in [0.15, 0.2) is 0 Å². The predicted octanol–water partition coefficient (Wildman–Crippen LogP) is 4.80. The third kappa shape index (κ3) is 5.71. The number of carbonyl (C=O) groups excluding carboxylic acids is 2. The number of ether oxygens (including phenoxy) is 3. The van der Waals surface area contributed by atoms with Gasteiger partial charge in [-0.2, -0.15) is 5.10 Å². The number of amides is 1. The first-order valence-electron chi connectivity index (χ1n) is 10.9. The fourth-order valence-electron chi connectivity index (χ4n) is 3.21. The highest BCUT2D eigenvalue weighted by Gasteiger charge is 2.17. The molecule has 8 nitrogen and oxygen atoms in total. The molecule has 0 atom stereocenters. The lowest BCUT2D eigenvalue weighted by atomic mass is 10.1. The molecule has 33 heavy (non-hydrogen) atoms. The summed E-state index contributed by atoms with van der Waals surface area (Å²) in [5, 5.41) is 7.19. The Kier molecular flexibility index (Phi) is 8.07. The first-order valence-corrected chi connectivity index (χ1v) is 10.9. The van der Waals surface area contributed by atoms with Gasteiger partial charge in [-0.3, -0.25) is 4.79 Å². The number of esters is 1. The van der Waals surface area contributed by atoms with Crippen LogP contribution in [0.2, 0.25) is 0 Å². The number of aromatic nitrogens is 2. The standard InChI is InChI=1S/C25H29N3O5/c1-5-7-14-33-23-13-12-20(31-4)15-22(23)27-24(29)18-8-10-19(11-9-18)28-17(3)21(16-26-28)25(30)32-6-2/h8-13,15-16H,5-7,14H2,1-4H3,(H,27,29). The molecule has 3 rings (SSSR count). The molecule has 0 radical (unpaired) electrons. The predicted molar refractivity (Wildman–Crippen MR) is 126 cm³/mol. The van der Waals surface area contributed by atoms with Crippen LogP contribution in [0.5, 0.6) is 11.5 Å². The van der Waals surface area contributed by atoms with E-state index in [9.17, 15) is 9.59 Å². The van der Waals surface area contributed by atoms with Gasteiger partial charge >= 0.3 is 5.97 Å². The first kappa shape index (κ1) is 23.8. The Hall–Kier alpha value is -3.81. The molecule has 0 aliphatic carbocycles. The van der Waals surface area contributed by atoms with Gasteiger partial charge in [-0.15, -0.1) is 0 Å². The van der Waals surface area contributed by atoms with Crippen molar-refractivity contribution < 1.29 is 23.8 Å². The second-order valence-electron chi connectivity index (χ2n) is 7.34. The SMILES string of the molecule is CCCCOc1ccc(OC)cc1NC(=O)c1ccc(-n2ncc(C(=O)OCC)c2C)cc1. The van der Waals surface area contributed by atoms with Crippen molar-refractivity contribution in [3.8, 4) is 17.2 Å². The van der Waals surface area contributed by atoms with Crippen molar-refractivity contribution in [1.82, 2.24) is 9.78 Å². The molecule has 2 aromatic carbocycles. The van der Waals surface area contributed by atoms with Gasteiger partial charge in [-0.05, 0) is 56.7 Å². The van der Waals surface area contributed by atoms with Crippen LogP contribution in [0.3, 0.4) is 0 Å². The number of methoxy groups -OCH3 is 1. The van der Waals surface area contributed by atoms with Gasteiger partial charge in [0.25, 0.3) is 5.91 Å². The number of hydrogen-bond acceptors (Lipinski definition) is 6. The maximum atomic E-state index is 12.9. The van der Waals surface area contributed by atoms with E-state index in [1.165, 1.54) is 6.20 Å². The van der Waals surface area contributed by atoms with Crippen molar-refractivity contribution in [2.45, 2.75) is 33.6 Å². The highest BCUT2D eigenvalue weighted by molar-refractivity contribution is 6.05. The highest BCUT2D eigenvalue weighted by Crippen LogP contribution is 2.30. The third-order valence-corrected chi connectivity index (χ3v) is 5.07. The van der Waals surface area contributed by atoms with Gasteiger partial charge in [0.05, 0.1) is 43.6 Å². The number of anilines is 1. The third-order valence-electron chi connectivity index (χ3n) is 5.07. The minimum absolute atomic E-state index is 0.278. The van der Waals surface area contributed by atoms with Crippen LogP contribution in [0.1, 0.15) is 53.1 Å². The summed E-state index contributed by atoms with van der Waals surface area (Å²) in [6.07, 6.45) is 3.42. The van der Waals surface area contributed by atoms with Crippen molar-refractivity contribution >= 4 is 17.6 Å². The number of nitrogens with zero attached hydrogens (tertiary/aromatic N) is 2. The monoisotopic (exact) mass is 451 g/mol. The Morgan fingerprint density at radius 2 is 1.85 bits per heavy atom. The van der Waals surface area contributed by atoms with Crippen LogP contribution in [0.15, 0.2) is 48.7 Å². The van der Waals surface area contributed by atoms with Crippen molar-refractivity contribution in [2.75, 3.05) is 25.6 Å². The van der Waals surface area contributed by atoms with E-state index in [0.29, 0.717) is 47.2 Å². The van der Waals surface area contributed by atoms with Crippen LogP contribution in [0, 0.1) is 6.92 Å². The lowest BCUT2D eigenvalue weighted by Gasteiger charge is -2.14. The van der Waals surface area contributed by atoms with E-state index in [1.54, 1.807) is 68.1 Å². The number of carbonyl (C=O) groups is 2. The molecular weight excluding hydrogens is 422 g/mol. The maximum Gasteiger partial charge on any atom is 0.341 e. The van der Waals surface area contributed by atoms with Crippen LogP contribution in [-0.4, -0.2) is 42.0 Å². The molecule has 0 spiro atoms. The summed E-state index contributed by atoms with van der Waals surface area (Å²) in [6, 6.07) is 12.3. The molecule has 0 saturated carbocycles. The molecule has 1 heterocycles. The number of hydrogen-bond donors (Lipinski definition) is 1. The molecule has 1 aromatic heterocycles. The zero-order valence-corrected chi connectivity index (χ0v) is 19.4. The van der Waals surface area contributed by atoms with Gasteiger partial charge in [-0.1, -0.05) is 13.3 Å². The molecule has 0 aliphatic rings. The van der Waals surface area contributed by atoms with Gasteiger partial charge in [-0.25, -0.2) is 9.48 Å². The molecule has 0 bridgehead atoms. The first-order chi connectivity index (χ1) is 16.0. The van der Waals surface area contributed by atoms with Crippen molar-refractivity contribution in [1.29, 1.82) is 0 Å². The summed E-state index contributed by atoms with van der Waals surface area (Å²) in [7, 11) is 1.57. The fourth-order valence-corrected chi connectivity index (χ4v) is 3.21. The zero-order valence-electron chi connectivity index (χ0n) is 19.4. The second-order valence-corrected chi connectivity index (χ2v) is 7.34. The molecule has 0 aliphatic heterocycles. The maximum absolute atomic E-state index is 12.9. The van der Waals surface area contributed by atoms with Crippen LogP contribution in [-0.2, 0) is 4.74 Å². The van der Waals surface area contributed by atoms with E-state index in [4.69, 9.17) is 14.2 Å². The Bertz CT molecular complexity index is 1110. The fraction of sp³-hybridized carbons (Fsp3) is 0.320. The molecule has 0 fully saturated rings. The lowest BCUT2D eigenvalue weighted by molar-refractivity contribution is 0.0525. The highest BCUT2D eigenvalue weighted by atomic mass is 16.5. The van der Waals surface area contributed by atoms with Crippen molar-refractivity contribution in [3.05, 3.63) is 65.5 Å². The second kappa shape index (κ2) is 11.2. The summed E-state index contributed by atoms with van der Waals surface area (Å²) in [6.45, 7) is 6.51. The van der Waals surface area contributed by atoms with E-state index in [1.807, 2.05) is 0 Å². The van der Waals surface area contributed by atoms with E-state index in [0.717, 1.165) is 18.5 Å². The molecular formula is C25H29N3O5. The molecule has 174 valence electrons. The number of unbranched alkanes of at least 4 members (excludes halogenated alkanes) is 1. The average Bonchev–Trinajstić information content (AvgIpc) is 3.21. The van der Waals surface area contributed by atoms with Gasteiger partial charge in [0.1, 0.15) is 17.1 Å². The van der Waals surface area contributed by atoms with Crippen LogP contribution < -0.4 is 14.8 Å². The molecule has 1 N–H and O–H groups in total. The molecule has 0 unspecified atom stereocenters. The van der Waals surface area contributed by atoms with Crippen LogP contribution in [0.4, 0.5) is 5.69 Å². The largest absolute Gasteiger partial charge is 0.497 e. The van der Waals surface area contributed by atoms with E-state index in [2.05, 4.69) is 17.3 Å². The minimum Gasteiger partial charge on any atom is -0.497 e. The van der Waals surface area contributed by atoms with Crippen LogP contribution >= 0.6 is 0 Å². The quantitative estimate of drug-likeness (QED) is 0.352. The van der Waals surface area contributed by atoms with E-state index < -0.39 is 5.97 Å². The van der Waals surface area contributed by atoms with Crippen LogP contribution in [0.25, 0.3) is 5.69 Å². The summed E-state index contributed by atoms with van der Waals surface area (Å²) in [5.74, 6) is 0.523. The van der Waals surface area contributed by atoms with Crippen molar-refractivity contribution in [2.24, 2.45) is 0 Å². The summed E-state index contributed by atoms with van der Waals surface area (Å²) >= 11 is 0. The van der Waals surface area contributed by atoms with Gasteiger partial charge in [0, 0.05) is 11.6 Å². The summed E-state index contributed by atoms with van der Waals surface area (Å²) in [5.41, 5.74) is 2.81. The Morgan fingerprint density at radius 3 is 2.52 bits per heavy atom. The molecule has 3 aromatic rings. The minimum atomic E-state index is -0.410. The average molecular weight is 452 g/mol. The lowest BCUT2D eigenvalue weighted by Crippen LogP contribution is -2.13. The summed E-state index contributed by atoms with van der Waals surface area (Å²) < 4.78 is 17.8. The number of benzene rings is 2. The summed E-state index contributed by atoms with van der Waals surface area (Å²) in [4.78, 5) is 24.9. The van der Waals surface area contributed by atoms with Gasteiger partial charge in [0.2, 0.25) is 0 Å². The Balaban J connectivity index is 1.77. The molecule has 0 saturated heterocycles. The topological polar surface area (TPSA) is 91.7 Å². The van der Waals surface area contributed by atoms with Gasteiger partial charge < -0.3 is 19.5 Å². The number of nitrogens with one attached hydrogen (secondary N) is 1. The smallest absolute Gasteiger partial charge is 0.341 e. The molecule has 8 heteroatoms. The Labute approximate surface area is 193 Å². The van der Waals surface area contributed by atoms with E-state index >= 15 is 0 Å². The normalized spacial score (nSPS) is 10.5. The van der Waals surface area contributed by atoms with Crippen molar-refractivity contribution in [3.63, 3.8) is 0 Å². The Morgan fingerprint density at radius 1 is 1.09 bits per heavy atom. The van der Waals surface area contributed by atoms with E-state index in [-0.39, 0.29) is 5.91 Å².